The lowest BCUT2D eigenvalue weighted by Gasteiger charge is -2.18. The van der Waals surface area contributed by atoms with Gasteiger partial charge in [0.05, 0.1) is 0 Å². The third-order valence-electron chi connectivity index (χ3n) is 4.64. The molecule has 1 aromatic heterocycles. The fraction of sp³-hybridized carbons (Fsp3) is 0.273. The Balaban J connectivity index is 1.77. The van der Waals surface area contributed by atoms with Crippen molar-refractivity contribution in [3.63, 3.8) is 0 Å². The monoisotopic (exact) mass is 363 g/mol. The van der Waals surface area contributed by atoms with E-state index >= 15 is 0 Å². The summed E-state index contributed by atoms with van der Waals surface area (Å²) in [4.78, 5) is 27.6. The van der Waals surface area contributed by atoms with Crippen LogP contribution in [-0.4, -0.2) is 22.8 Å². The molecular formula is C22H25N3O2. The van der Waals surface area contributed by atoms with Crippen LogP contribution in [0.25, 0.3) is 10.9 Å². The van der Waals surface area contributed by atoms with Gasteiger partial charge in [-0.3, -0.25) is 9.59 Å². The van der Waals surface area contributed by atoms with Gasteiger partial charge < -0.3 is 15.6 Å². The Morgan fingerprint density at radius 3 is 2.41 bits per heavy atom. The second-order valence-electron chi connectivity index (χ2n) is 7.08. The fourth-order valence-corrected chi connectivity index (χ4v) is 3.16. The highest BCUT2D eigenvalue weighted by Gasteiger charge is 2.21. The van der Waals surface area contributed by atoms with Crippen molar-refractivity contribution >= 4 is 28.4 Å². The van der Waals surface area contributed by atoms with Crippen LogP contribution in [0.2, 0.25) is 0 Å². The minimum absolute atomic E-state index is 0.229. The van der Waals surface area contributed by atoms with Gasteiger partial charge in [-0.2, -0.15) is 0 Å². The van der Waals surface area contributed by atoms with Gasteiger partial charge in [-0.05, 0) is 35.2 Å². The molecule has 2 amide bonds. The highest BCUT2D eigenvalue weighted by atomic mass is 16.2. The Bertz CT molecular complexity index is 942. The molecule has 140 valence electrons. The number of H-pyrrole nitrogens is 1. The summed E-state index contributed by atoms with van der Waals surface area (Å²) in [7, 11) is 0. The highest BCUT2D eigenvalue weighted by molar-refractivity contribution is 5.97. The van der Waals surface area contributed by atoms with Crippen molar-refractivity contribution in [3.05, 3.63) is 65.9 Å². The van der Waals surface area contributed by atoms with E-state index in [1.807, 2.05) is 54.7 Å². The summed E-state index contributed by atoms with van der Waals surface area (Å²) in [5, 5.41) is 6.74. The van der Waals surface area contributed by atoms with Crippen molar-refractivity contribution in [2.45, 2.75) is 39.2 Å². The lowest BCUT2D eigenvalue weighted by molar-refractivity contribution is -0.125. The lowest BCUT2D eigenvalue weighted by atomic mass is 10.0. The van der Waals surface area contributed by atoms with Gasteiger partial charge in [-0.1, -0.05) is 44.2 Å². The Kier molecular flexibility index (Phi) is 5.60. The maximum Gasteiger partial charge on any atom is 0.247 e. The first-order valence-corrected chi connectivity index (χ1v) is 9.17. The van der Waals surface area contributed by atoms with Gasteiger partial charge in [-0.15, -0.1) is 0 Å². The predicted octanol–water partition coefficient (Wildman–Crippen LogP) is 3.98. The number of fused-ring (bicyclic) bond motifs is 1. The maximum atomic E-state index is 12.8. The van der Waals surface area contributed by atoms with E-state index in [2.05, 4.69) is 29.5 Å². The molecule has 1 heterocycles. The molecule has 0 saturated heterocycles. The number of benzene rings is 2. The number of carbonyl (C=O) groups is 2. The summed E-state index contributed by atoms with van der Waals surface area (Å²) in [6.45, 7) is 5.68. The largest absolute Gasteiger partial charge is 0.361 e. The average Bonchev–Trinajstić information content (AvgIpc) is 3.04. The van der Waals surface area contributed by atoms with Crippen LogP contribution in [0, 0.1) is 0 Å². The first-order valence-electron chi connectivity index (χ1n) is 9.17. The quantitative estimate of drug-likeness (QED) is 0.620. The van der Waals surface area contributed by atoms with E-state index in [0.29, 0.717) is 12.3 Å². The van der Waals surface area contributed by atoms with Gasteiger partial charge >= 0.3 is 0 Å². The zero-order valence-corrected chi connectivity index (χ0v) is 15.9. The SMILES string of the molecule is CC(=O)NC(Cc1c[nH]c2ccccc12)C(=O)Nc1ccc(C(C)C)cc1. The van der Waals surface area contributed by atoms with Gasteiger partial charge in [0.15, 0.2) is 0 Å². The lowest BCUT2D eigenvalue weighted by Crippen LogP contribution is -2.44. The van der Waals surface area contributed by atoms with E-state index in [-0.39, 0.29) is 11.8 Å². The van der Waals surface area contributed by atoms with E-state index in [1.165, 1.54) is 12.5 Å². The third-order valence-corrected chi connectivity index (χ3v) is 4.64. The van der Waals surface area contributed by atoms with Crippen molar-refractivity contribution < 1.29 is 9.59 Å². The van der Waals surface area contributed by atoms with Gasteiger partial charge in [0.25, 0.3) is 0 Å². The van der Waals surface area contributed by atoms with Crippen molar-refractivity contribution in [2.75, 3.05) is 5.32 Å². The summed E-state index contributed by atoms with van der Waals surface area (Å²) in [6, 6.07) is 15.1. The Labute approximate surface area is 159 Å². The topological polar surface area (TPSA) is 74.0 Å². The summed E-state index contributed by atoms with van der Waals surface area (Å²) >= 11 is 0. The molecule has 1 atom stereocenters. The molecule has 5 nitrogen and oxygen atoms in total. The first kappa shape index (κ1) is 18.7. The van der Waals surface area contributed by atoms with Gasteiger partial charge in [0.1, 0.15) is 6.04 Å². The normalized spacial score (nSPS) is 12.1. The number of hydrogen-bond donors (Lipinski definition) is 3. The Morgan fingerprint density at radius 2 is 1.74 bits per heavy atom. The number of hydrogen-bond acceptors (Lipinski definition) is 2. The molecule has 0 bridgehead atoms. The molecule has 2 aromatic carbocycles. The average molecular weight is 363 g/mol. The standard InChI is InChI=1S/C22H25N3O2/c1-14(2)16-8-10-18(11-9-16)25-22(27)21(24-15(3)26)12-17-13-23-20-7-5-4-6-19(17)20/h4-11,13-14,21,23H,12H2,1-3H3,(H,24,26)(H,25,27). The number of carbonyl (C=O) groups excluding carboxylic acids is 2. The van der Waals surface area contributed by atoms with Gasteiger partial charge in [-0.25, -0.2) is 0 Å². The van der Waals surface area contributed by atoms with E-state index in [0.717, 1.165) is 22.2 Å². The Morgan fingerprint density at radius 1 is 1.04 bits per heavy atom. The number of aromatic nitrogens is 1. The molecular weight excluding hydrogens is 338 g/mol. The molecule has 0 saturated carbocycles. The molecule has 27 heavy (non-hydrogen) atoms. The minimum Gasteiger partial charge on any atom is -0.361 e. The van der Waals surface area contributed by atoms with Crippen LogP contribution >= 0.6 is 0 Å². The zero-order chi connectivity index (χ0) is 19.4. The molecule has 1 unspecified atom stereocenters. The molecule has 3 N–H and O–H groups in total. The predicted molar refractivity (Wildman–Crippen MR) is 109 cm³/mol. The van der Waals surface area contributed by atoms with Crippen molar-refractivity contribution in [3.8, 4) is 0 Å². The second kappa shape index (κ2) is 8.08. The summed E-state index contributed by atoms with van der Waals surface area (Å²) in [6.07, 6.45) is 2.31. The smallest absolute Gasteiger partial charge is 0.247 e. The number of rotatable bonds is 6. The van der Waals surface area contributed by atoms with Crippen LogP contribution in [0.1, 0.15) is 37.8 Å². The molecule has 3 aromatic rings. The summed E-state index contributed by atoms with van der Waals surface area (Å²) in [5.74, 6) is -0.0262. The molecule has 0 radical (unpaired) electrons. The molecule has 0 aliphatic heterocycles. The number of anilines is 1. The summed E-state index contributed by atoms with van der Waals surface area (Å²) in [5.41, 5.74) is 3.94. The second-order valence-corrected chi connectivity index (χ2v) is 7.08. The highest BCUT2D eigenvalue weighted by Crippen LogP contribution is 2.20. The fourth-order valence-electron chi connectivity index (χ4n) is 3.16. The Hall–Kier alpha value is -3.08. The minimum atomic E-state index is -0.647. The number of aromatic amines is 1. The number of nitrogens with one attached hydrogen (secondary N) is 3. The van der Waals surface area contributed by atoms with Crippen LogP contribution in [0.5, 0.6) is 0 Å². The van der Waals surface area contributed by atoms with E-state index < -0.39 is 6.04 Å². The number of amides is 2. The molecule has 0 spiro atoms. The van der Waals surface area contributed by atoms with Crippen molar-refractivity contribution in [2.24, 2.45) is 0 Å². The van der Waals surface area contributed by atoms with Crippen LogP contribution in [-0.2, 0) is 16.0 Å². The first-order chi connectivity index (χ1) is 12.9. The number of para-hydroxylation sites is 1. The van der Waals surface area contributed by atoms with Crippen molar-refractivity contribution in [1.82, 2.24) is 10.3 Å². The van der Waals surface area contributed by atoms with Gasteiger partial charge in [0.2, 0.25) is 11.8 Å². The van der Waals surface area contributed by atoms with Crippen LogP contribution in [0.15, 0.2) is 54.7 Å². The van der Waals surface area contributed by atoms with E-state index in [9.17, 15) is 9.59 Å². The third kappa shape index (κ3) is 4.56. The van der Waals surface area contributed by atoms with E-state index in [1.54, 1.807) is 0 Å². The molecule has 5 heteroatoms. The van der Waals surface area contributed by atoms with Crippen molar-refractivity contribution in [1.29, 1.82) is 0 Å². The van der Waals surface area contributed by atoms with Crippen LogP contribution < -0.4 is 10.6 Å². The molecule has 0 fully saturated rings. The van der Waals surface area contributed by atoms with Crippen LogP contribution in [0.3, 0.4) is 0 Å². The molecule has 3 rings (SSSR count). The summed E-state index contributed by atoms with van der Waals surface area (Å²) < 4.78 is 0. The van der Waals surface area contributed by atoms with E-state index in [4.69, 9.17) is 0 Å². The molecule has 0 aliphatic rings. The maximum absolute atomic E-state index is 12.8. The molecule has 0 aliphatic carbocycles. The van der Waals surface area contributed by atoms with Crippen LogP contribution in [0.4, 0.5) is 5.69 Å². The van der Waals surface area contributed by atoms with Gasteiger partial charge in [0, 0.05) is 36.1 Å². The zero-order valence-electron chi connectivity index (χ0n) is 15.9.